The second-order valence-electron chi connectivity index (χ2n) is 6.08. The number of nitrogens with one attached hydrogen (secondary N) is 1. The summed E-state index contributed by atoms with van der Waals surface area (Å²) in [7, 11) is 0. The van der Waals surface area contributed by atoms with Crippen molar-refractivity contribution in [3.05, 3.63) is 35.5 Å². The van der Waals surface area contributed by atoms with Gasteiger partial charge >= 0.3 is 0 Å². The largest absolute Gasteiger partial charge is 0.361 e. The molecule has 0 saturated heterocycles. The fourth-order valence-electron chi connectivity index (χ4n) is 3.69. The number of nitrogens with zero attached hydrogens (tertiary/aromatic N) is 2. The van der Waals surface area contributed by atoms with Crippen LogP contribution in [-0.2, 0) is 0 Å². The fourth-order valence-corrected chi connectivity index (χ4v) is 3.69. The molecule has 0 radical (unpaired) electrons. The molecule has 0 amide bonds. The summed E-state index contributed by atoms with van der Waals surface area (Å²) in [5.74, 6) is 1.39. The molecule has 21 heavy (non-hydrogen) atoms. The van der Waals surface area contributed by atoms with Gasteiger partial charge in [0.05, 0.1) is 11.6 Å². The normalized spacial score (nSPS) is 22.4. The Morgan fingerprint density at radius 3 is 2.81 bits per heavy atom. The summed E-state index contributed by atoms with van der Waals surface area (Å²) in [5, 5.41) is 10.3. The van der Waals surface area contributed by atoms with Crippen LogP contribution >= 0.6 is 0 Å². The van der Waals surface area contributed by atoms with Crippen LogP contribution < -0.4 is 0 Å². The highest BCUT2D eigenvalue weighted by molar-refractivity contribution is 5.85. The van der Waals surface area contributed by atoms with E-state index in [2.05, 4.69) is 42.9 Å². The van der Waals surface area contributed by atoms with Gasteiger partial charge in [0, 0.05) is 23.1 Å². The molecule has 3 heteroatoms. The molecule has 3 nitrogen and oxygen atoms in total. The van der Waals surface area contributed by atoms with E-state index in [4.69, 9.17) is 5.26 Å². The van der Waals surface area contributed by atoms with Crippen LogP contribution in [0.5, 0.6) is 0 Å². The number of fused-ring (bicyclic) bond motifs is 1. The molecule has 3 rings (SSSR count). The van der Waals surface area contributed by atoms with E-state index in [9.17, 15) is 0 Å². The van der Waals surface area contributed by atoms with Crippen molar-refractivity contribution in [3.8, 4) is 6.07 Å². The lowest BCUT2D eigenvalue weighted by atomic mass is 10.0. The first kappa shape index (κ1) is 14.2. The molecule has 110 valence electrons. The van der Waals surface area contributed by atoms with Crippen LogP contribution in [-0.4, -0.2) is 29.0 Å². The van der Waals surface area contributed by atoms with Crippen molar-refractivity contribution in [2.45, 2.75) is 39.2 Å². The lowest BCUT2D eigenvalue weighted by molar-refractivity contribution is 0.208. The third-order valence-electron chi connectivity index (χ3n) is 5.09. The summed E-state index contributed by atoms with van der Waals surface area (Å²) in [6.45, 7) is 9.07. The summed E-state index contributed by atoms with van der Waals surface area (Å²) < 4.78 is 0. The number of benzene rings is 1. The van der Waals surface area contributed by atoms with Gasteiger partial charge in [0.1, 0.15) is 0 Å². The van der Waals surface area contributed by atoms with Gasteiger partial charge < -0.3 is 9.88 Å². The van der Waals surface area contributed by atoms with Crippen LogP contribution in [0.1, 0.15) is 44.2 Å². The Hall–Kier alpha value is -1.79. The van der Waals surface area contributed by atoms with Gasteiger partial charge in [0.2, 0.25) is 0 Å². The molecular formula is C18H23N3. The van der Waals surface area contributed by atoms with Gasteiger partial charge in [-0.2, -0.15) is 5.26 Å². The second-order valence-corrected chi connectivity index (χ2v) is 6.08. The summed E-state index contributed by atoms with van der Waals surface area (Å²) >= 11 is 0. The van der Waals surface area contributed by atoms with Gasteiger partial charge in [-0.15, -0.1) is 0 Å². The number of rotatable bonds is 5. The average Bonchev–Trinajstić information content (AvgIpc) is 3.20. The van der Waals surface area contributed by atoms with Crippen molar-refractivity contribution in [1.29, 1.82) is 5.26 Å². The number of H-pyrrole nitrogens is 1. The maximum atomic E-state index is 9.09. The topological polar surface area (TPSA) is 42.8 Å². The van der Waals surface area contributed by atoms with E-state index in [0.29, 0.717) is 12.0 Å². The van der Waals surface area contributed by atoms with Crippen molar-refractivity contribution in [2.75, 3.05) is 13.1 Å². The summed E-state index contributed by atoms with van der Waals surface area (Å²) in [5.41, 5.74) is 3.29. The number of aromatic nitrogens is 1. The fraction of sp³-hybridized carbons (Fsp3) is 0.500. The summed E-state index contributed by atoms with van der Waals surface area (Å²) in [6.07, 6.45) is 3.41. The lowest BCUT2D eigenvalue weighted by Gasteiger charge is -2.26. The second kappa shape index (κ2) is 5.54. The minimum Gasteiger partial charge on any atom is -0.361 e. The third-order valence-corrected chi connectivity index (χ3v) is 5.09. The molecule has 2 aromatic rings. The van der Waals surface area contributed by atoms with Crippen LogP contribution in [0.25, 0.3) is 10.9 Å². The van der Waals surface area contributed by atoms with E-state index in [1.807, 2.05) is 18.2 Å². The van der Waals surface area contributed by atoms with E-state index in [1.54, 1.807) is 0 Å². The summed E-state index contributed by atoms with van der Waals surface area (Å²) in [6, 6.07) is 8.80. The zero-order valence-electron chi connectivity index (χ0n) is 13.1. The Bertz CT molecular complexity index is 675. The van der Waals surface area contributed by atoms with Crippen LogP contribution in [0.15, 0.2) is 24.4 Å². The molecule has 1 heterocycles. The van der Waals surface area contributed by atoms with Crippen molar-refractivity contribution >= 4 is 10.9 Å². The average molecular weight is 281 g/mol. The zero-order chi connectivity index (χ0) is 15.0. The predicted octanol–water partition coefficient (Wildman–Crippen LogP) is 3.87. The van der Waals surface area contributed by atoms with Gasteiger partial charge in [-0.25, -0.2) is 0 Å². The third kappa shape index (κ3) is 2.45. The highest BCUT2D eigenvalue weighted by Gasteiger charge is 2.44. The van der Waals surface area contributed by atoms with Crippen molar-refractivity contribution in [1.82, 2.24) is 9.88 Å². The van der Waals surface area contributed by atoms with Gasteiger partial charge in [-0.1, -0.05) is 13.8 Å². The van der Waals surface area contributed by atoms with E-state index >= 15 is 0 Å². The molecule has 1 aromatic carbocycles. The Morgan fingerprint density at radius 2 is 2.14 bits per heavy atom. The Balaban J connectivity index is 1.85. The first-order chi connectivity index (χ1) is 10.2. The minimum absolute atomic E-state index is 0.633. The van der Waals surface area contributed by atoms with E-state index in [-0.39, 0.29) is 0 Å². The Labute approximate surface area is 126 Å². The molecule has 1 aromatic heterocycles. The molecule has 1 aliphatic rings. The predicted molar refractivity (Wildman–Crippen MR) is 86.2 cm³/mol. The van der Waals surface area contributed by atoms with E-state index in [1.165, 1.54) is 17.4 Å². The monoisotopic (exact) mass is 281 g/mol. The highest BCUT2D eigenvalue weighted by Crippen LogP contribution is 2.52. The van der Waals surface area contributed by atoms with Crippen molar-refractivity contribution < 1.29 is 0 Å². The van der Waals surface area contributed by atoms with Crippen molar-refractivity contribution in [3.63, 3.8) is 0 Å². The Kier molecular flexibility index (Phi) is 3.73. The van der Waals surface area contributed by atoms with Gasteiger partial charge in [-0.05, 0) is 62.0 Å². The SMILES string of the molecule is CCN(CC)C(C)C1CC1c1c[nH]c2ccc(C#N)cc12. The quantitative estimate of drug-likeness (QED) is 0.904. The maximum absolute atomic E-state index is 9.09. The molecule has 1 aliphatic carbocycles. The molecule has 3 unspecified atom stereocenters. The number of hydrogen-bond acceptors (Lipinski definition) is 2. The first-order valence-corrected chi connectivity index (χ1v) is 7.94. The van der Waals surface area contributed by atoms with Gasteiger partial charge in [0.25, 0.3) is 0 Å². The lowest BCUT2D eigenvalue weighted by Crippen LogP contribution is -2.34. The van der Waals surface area contributed by atoms with E-state index < -0.39 is 0 Å². The molecule has 0 aliphatic heterocycles. The van der Waals surface area contributed by atoms with Crippen LogP contribution in [0.4, 0.5) is 0 Å². The molecular weight excluding hydrogens is 258 g/mol. The zero-order valence-corrected chi connectivity index (χ0v) is 13.1. The highest BCUT2D eigenvalue weighted by atomic mass is 15.1. The van der Waals surface area contributed by atoms with E-state index in [0.717, 1.165) is 30.1 Å². The van der Waals surface area contributed by atoms with Crippen LogP contribution in [0.2, 0.25) is 0 Å². The molecule has 0 spiro atoms. The first-order valence-electron chi connectivity index (χ1n) is 7.94. The van der Waals surface area contributed by atoms with Crippen LogP contribution in [0.3, 0.4) is 0 Å². The standard InChI is InChI=1S/C18H23N3/c1-4-21(5-2)12(3)14-9-15(14)17-11-20-18-7-6-13(10-19)8-16(17)18/h6-8,11-12,14-15,20H,4-5,9H2,1-3H3. The molecule has 0 bridgehead atoms. The number of nitriles is 1. The molecule has 3 atom stereocenters. The van der Waals surface area contributed by atoms with Gasteiger partial charge in [-0.3, -0.25) is 0 Å². The van der Waals surface area contributed by atoms with Crippen LogP contribution in [0, 0.1) is 17.2 Å². The molecule has 1 fully saturated rings. The molecule has 1 N–H and O–H groups in total. The van der Waals surface area contributed by atoms with Crippen molar-refractivity contribution in [2.24, 2.45) is 5.92 Å². The number of aromatic amines is 1. The minimum atomic E-state index is 0.633. The summed E-state index contributed by atoms with van der Waals surface area (Å²) in [4.78, 5) is 5.90. The molecule has 1 saturated carbocycles. The Morgan fingerprint density at radius 1 is 1.38 bits per heavy atom. The maximum Gasteiger partial charge on any atom is 0.0991 e. The smallest absolute Gasteiger partial charge is 0.0991 e. The number of hydrogen-bond donors (Lipinski definition) is 1. The van der Waals surface area contributed by atoms with Gasteiger partial charge in [0.15, 0.2) is 0 Å².